The molecule has 0 saturated heterocycles. The van der Waals surface area contributed by atoms with E-state index in [2.05, 4.69) is 0 Å². The van der Waals surface area contributed by atoms with E-state index in [1.54, 1.807) is 6.92 Å². The first-order chi connectivity index (χ1) is 4.66. The summed E-state index contributed by atoms with van der Waals surface area (Å²) in [6.07, 6.45) is 0.500. The van der Waals surface area contributed by atoms with Crippen molar-refractivity contribution >= 4 is 5.97 Å². The third kappa shape index (κ3) is 10.5. The zero-order chi connectivity index (χ0) is 8.57. The van der Waals surface area contributed by atoms with Crippen molar-refractivity contribution in [1.29, 1.82) is 0 Å². The molecule has 2 heteroatoms. The lowest BCUT2D eigenvalue weighted by Gasteiger charge is -2.04. The number of rotatable bonds is 2. The van der Waals surface area contributed by atoms with Crippen molar-refractivity contribution in [3.63, 3.8) is 0 Å². The SMILES string of the molecule is CC.CCC(=O)OC(C)C. The Labute approximate surface area is 63.6 Å². The Hall–Kier alpha value is -0.530. The standard InChI is InChI=1S/C6H12O2.C2H6/c1-4-6(7)8-5(2)3;1-2/h5H,4H2,1-3H3;1-2H3. The van der Waals surface area contributed by atoms with Crippen LogP contribution in [-0.4, -0.2) is 12.1 Å². The molecular weight excluding hydrogens is 128 g/mol. The fourth-order valence-corrected chi connectivity index (χ4v) is 0.346. The van der Waals surface area contributed by atoms with Crippen LogP contribution in [0.5, 0.6) is 0 Å². The average Bonchev–Trinajstić information content (AvgIpc) is 1.91. The smallest absolute Gasteiger partial charge is 0.305 e. The number of hydrogen-bond donors (Lipinski definition) is 0. The molecular formula is C8H18O2. The van der Waals surface area contributed by atoms with Crippen molar-refractivity contribution in [3.8, 4) is 0 Å². The Morgan fingerprint density at radius 1 is 1.40 bits per heavy atom. The molecule has 0 aliphatic heterocycles. The molecule has 0 bridgehead atoms. The Balaban J connectivity index is 0. The summed E-state index contributed by atoms with van der Waals surface area (Å²) in [5, 5.41) is 0. The molecule has 2 nitrogen and oxygen atoms in total. The van der Waals surface area contributed by atoms with Crippen molar-refractivity contribution < 1.29 is 9.53 Å². The number of carbonyl (C=O) groups is 1. The molecule has 0 fully saturated rings. The van der Waals surface area contributed by atoms with Crippen LogP contribution < -0.4 is 0 Å². The fraction of sp³-hybridized carbons (Fsp3) is 0.875. The maximum Gasteiger partial charge on any atom is 0.305 e. The summed E-state index contributed by atoms with van der Waals surface area (Å²) in [7, 11) is 0. The first kappa shape index (κ1) is 12.2. The molecule has 0 radical (unpaired) electrons. The Morgan fingerprint density at radius 2 is 1.80 bits per heavy atom. The summed E-state index contributed by atoms with van der Waals surface area (Å²) in [5.74, 6) is -0.125. The fourth-order valence-electron chi connectivity index (χ4n) is 0.346. The first-order valence-corrected chi connectivity index (χ1v) is 3.86. The van der Waals surface area contributed by atoms with E-state index in [0.29, 0.717) is 6.42 Å². The maximum atomic E-state index is 10.4. The van der Waals surface area contributed by atoms with E-state index in [4.69, 9.17) is 4.74 Å². The predicted molar refractivity (Wildman–Crippen MR) is 42.9 cm³/mol. The molecule has 0 atom stereocenters. The largest absolute Gasteiger partial charge is 0.463 e. The molecule has 0 rings (SSSR count). The van der Waals surface area contributed by atoms with Gasteiger partial charge in [0.15, 0.2) is 0 Å². The number of esters is 1. The van der Waals surface area contributed by atoms with Crippen molar-refractivity contribution in [3.05, 3.63) is 0 Å². The van der Waals surface area contributed by atoms with Crippen LogP contribution in [0.3, 0.4) is 0 Å². The van der Waals surface area contributed by atoms with Crippen LogP contribution >= 0.6 is 0 Å². The highest BCUT2D eigenvalue weighted by Gasteiger charge is 1.98. The lowest BCUT2D eigenvalue weighted by molar-refractivity contribution is -0.146. The van der Waals surface area contributed by atoms with Crippen LogP contribution in [0.1, 0.15) is 41.0 Å². The van der Waals surface area contributed by atoms with E-state index in [1.807, 2.05) is 27.7 Å². The number of carbonyl (C=O) groups excluding carboxylic acids is 1. The van der Waals surface area contributed by atoms with E-state index in [9.17, 15) is 4.79 Å². The average molecular weight is 146 g/mol. The van der Waals surface area contributed by atoms with E-state index in [1.165, 1.54) is 0 Å². The van der Waals surface area contributed by atoms with Gasteiger partial charge < -0.3 is 4.74 Å². The molecule has 0 amide bonds. The molecule has 0 aliphatic carbocycles. The van der Waals surface area contributed by atoms with Gasteiger partial charge in [0.1, 0.15) is 0 Å². The Bertz CT molecular complexity index is 77.3. The van der Waals surface area contributed by atoms with Gasteiger partial charge in [-0.1, -0.05) is 20.8 Å². The summed E-state index contributed by atoms with van der Waals surface area (Å²) in [4.78, 5) is 10.4. The van der Waals surface area contributed by atoms with Gasteiger partial charge in [0.05, 0.1) is 6.10 Å². The van der Waals surface area contributed by atoms with E-state index < -0.39 is 0 Å². The molecule has 0 heterocycles. The molecule has 0 aromatic rings. The summed E-state index contributed by atoms with van der Waals surface area (Å²) in [6, 6.07) is 0. The maximum absolute atomic E-state index is 10.4. The van der Waals surface area contributed by atoms with Gasteiger partial charge in [-0.3, -0.25) is 4.79 Å². The molecule has 0 aromatic heterocycles. The van der Waals surface area contributed by atoms with Crippen LogP contribution in [0.15, 0.2) is 0 Å². The van der Waals surface area contributed by atoms with Crippen molar-refractivity contribution in [2.24, 2.45) is 0 Å². The van der Waals surface area contributed by atoms with Gasteiger partial charge in [-0.05, 0) is 13.8 Å². The quantitative estimate of drug-likeness (QED) is 0.559. The highest BCUT2D eigenvalue weighted by Crippen LogP contribution is 1.90. The molecule has 0 unspecified atom stereocenters. The van der Waals surface area contributed by atoms with Gasteiger partial charge in [-0.2, -0.15) is 0 Å². The Kier molecular flexibility index (Phi) is 10.3. The third-order valence-corrected chi connectivity index (χ3v) is 0.656. The minimum Gasteiger partial charge on any atom is -0.463 e. The summed E-state index contributed by atoms with van der Waals surface area (Å²) >= 11 is 0. The summed E-state index contributed by atoms with van der Waals surface area (Å²) in [5.41, 5.74) is 0. The van der Waals surface area contributed by atoms with Crippen LogP contribution in [0.25, 0.3) is 0 Å². The zero-order valence-corrected chi connectivity index (χ0v) is 7.60. The van der Waals surface area contributed by atoms with Gasteiger partial charge in [-0.25, -0.2) is 0 Å². The molecule has 0 aromatic carbocycles. The van der Waals surface area contributed by atoms with Crippen LogP contribution in [0.2, 0.25) is 0 Å². The molecule has 0 aliphatic rings. The minimum absolute atomic E-state index is 0.0300. The second-order valence-electron chi connectivity index (χ2n) is 1.89. The van der Waals surface area contributed by atoms with E-state index >= 15 is 0 Å². The highest BCUT2D eigenvalue weighted by molar-refractivity contribution is 5.68. The normalized spacial score (nSPS) is 8.20. The first-order valence-electron chi connectivity index (χ1n) is 3.86. The van der Waals surface area contributed by atoms with Gasteiger partial charge in [0.25, 0.3) is 0 Å². The second kappa shape index (κ2) is 8.47. The Morgan fingerprint density at radius 3 is 1.90 bits per heavy atom. The minimum atomic E-state index is -0.125. The van der Waals surface area contributed by atoms with Crippen molar-refractivity contribution in [2.75, 3.05) is 0 Å². The predicted octanol–water partition coefficient (Wildman–Crippen LogP) is 2.37. The molecule has 0 spiro atoms. The topological polar surface area (TPSA) is 26.3 Å². The molecule has 10 heavy (non-hydrogen) atoms. The van der Waals surface area contributed by atoms with Gasteiger partial charge >= 0.3 is 5.97 Å². The van der Waals surface area contributed by atoms with Gasteiger partial charge in [0.2, 0.25) is 0 Å². The van der Waals surface area contributed by atoms with E-state index in [0.717, 1.165) is 0 Å². The van der Waals surface area contributed by atoms with Crippen molar-refractivity contribution in [1.82, 2.24) is 0 Å². The van der Waals surface area contributed by atoms with Crippen LogP contribution in [-0.2, 0) is 9.53 Å². The molecule has 0 N–H and O–H groups in total. The summed E-state index contributed by atoms with van der Waals surface area (Å²) in [6.45, 7) is 9.46. The lowest BCUT2D eigenvalue weighted by Crippen LogP contribution is -2.09. The van der Waals surface area contributed by atoms with E-state index in [-0.39, 0.29) is 12.1 Å². The monoisotopic (exact) mass is 146 g/mol. The molecule has 62 valence electrons. The molecule has 0 saturated carbocycles. The second-order valence-corrected chi connectivity index (χ2v) is 1.89. The van der Waals surface area contributed by atoms with Gasteiger partial charge in [-0.15, -0.1) is 0 Å². The van der Waals surface area contributed by atoms with Crippen LogP contribution in [0, 0.1) is 0 Å². The zero-order valence-electron chi connectivity index (χ0n) is 7.60. The highest BCUT2D eigenvalue weighted by atomic mass is 16.5. The summed E-state index contributed by atoms with van der Waals surface area (Å²) < 4.78 is 4.76. The van der Waals surface area contributed by atoms with Crippen LogP contribution in [0.4, 0.5) is 0 Å². The number of hydrogen-bond acceptors (Lipinski definition) is 2. The van der Waals surface area contributed by atoms with Crippen molar-refractivity contribution in [2.45, 2.75) is 47.1 Å². The third-order valence-electron chi connectivity index (χ3n) is 0.656. The van der Waals surface area contributed by atoms with Gasteiger partial charge in [0, 0.05) is 6.42 Å². The lowest BCUT2D eigenvalue weighted by atomic mass is 10.4. The number of ether oxygens (including phenoxy) is 1.